The van der Waals surface area contributed by atoms with E-state index in [9.17, 15) is 19.7 Å². The number of rotatable bonds is 4. The Morgan fingerprint density at radius 2 is 1.96 bits per heavy atom. The van der Waals surface area contributed by atoms with Crippen LogP contribution in [-0.2, 0) is 4.79 Å². The van der Waals surface area contributed by atoms with E-state index in [4.69, 9.17) is 4.42 Å². The number of benzene rings is 1. The summed E-state index contributed by atoms with van der Waals surface area (Å²) in [6.07, 6.45) is 1.21. The lowest BCUT2D eigenvalue weighted by Gasteiger charge is -2.02. The second kappa shape index (κ2) is 5.72. The van der Waals surface area contributed by atoms with Crippen LogP contribution in [0.15, 0.2) is 45.8 Å². The molecular formula is C14H10N4O5. The molecule has 1 N–H and O–H groups in total. The van der Waals surface area contributed by atoms with Crippen molar-refractivity contribution in [3.63, 3.8) is 0 Å². The number of nitrogens with zero attached hydrogens (tertiary/aromatic N) is 3. The maximum atomic E-state index is 11.3. The van der Waals surface area contributed by atoms with Gasteiger partial charge in [-0.3, -0.25) is 25.1 Å². The van der Waals surface area contributed by atoms with E-state index in [1.165, 1.54) is 18.5 Å². The smallest absolute Gasteiger partial charge is 0.329 e. The summed E-state index contributed by atoms with van der Waals surface area (Å²) < 4.78 is 5.48. The molecule has 0 atom stereocenters. The van der Waals surface area contributed by atoms with Crippen LogP contribution in [0.5, 0.6) is 0 Å². The highest BCUT2D eigenvalue weighted by atomic mass is 16.6. The maximum absolute atomic E-state index is 11.3. The number of nitro benzene ring substituents is 1. The minimum Gasteiger partial charge on any atom is -0.438 e. The molecule has 9 heteroatoms. The zero-order valence-corrected chi connectivity index (χ0v) is 11.6. The number of carbonyl (C=O) groups excluding carboxylic acids is 2. The van der Waals surface area contributed by atoms with Crippen molar-refractivity contribution >= 4 is 29.8 Å². The predicted octanol–water partition coefficient (Wildman–Crippen LogP) is 2.07. The number of imide groups is 1. The van der Waals surface area contributed by atoms with Gasteiger partial charge >= 0.3 is 6.03 Å². The number of carbonyl (C=O) groups is 2. The minimum atomic E-state index is -0.541. The van der Waals surface area contributed by atoms with E-state index in [-0.39, 0.29) is 18.1 Å². The summed E-state index contributed by atoms with van der Waals surface area (Å²) in [6.45, 7) is -0.0851. The van der Waals surface area contributed by atoms with Crippen LogP contribution < -0.4 is 5.32 Å². The molecule has 3 amide bonds. The van der Waals surface area contributed by atoms with Crippen LogP contribution >= 0.6 is 0 Å². The highest BCUT2D eigenvalue weighted by Crippen LogP contribution is 2.27. The molecule has 0 saturated carbocycles. The Labute approximate surface area is 129 Å². The molecule has 23 heavy (non-hydrogen) atoms. The zero-order valence-electron chi connectivity index (χ0n) is 11.6. The lowest BCUT2D eigenvalue weighted by molar-refractivity contribution is -0.384. The van der Waals surface area contributed by atoms with Crippen LogP contribution in [0.4, 0.5) is 16.4 Å². The lowest BCUT2D eigenvalue weighted by atomic mass is 10.1. The van der Waals surface area contributed by atoms with Crippen LogP contribution in [0.25, 0.3) is 11.3 Å². The normalized spacial score (nSPS) is 14.5. The standard InChI is InChI=1S/C14H10N4O5/c19-12-7-17(14(20)16-12)8-15-13-6-5-11(23-13)9-1-3-10(4-2-9)18(21)22/h1-6,8H,7H2,(H,16,19,20)/b15-8+. The van der Waals surface area contributed by atoms with E-state index in [0.29, 0.717) is 11.3 Å². The Morgan fingerprint density at radius 3 is 2.57 bits per heavy atom. The van der Waals surface area contributed by atoms with Gasteiger partial charge in [0.1, 0.15) is 18.6 Å². The number of amides is 3. The zero-order chi connectivity index (χ0) is 16.4. The highest BCUT2D eigenvalue weighted by Gasteiger charge is 2.25. The molecule has 9 nitrogen and oxygen atoms in total. The first-order valence-corrected chi connectivity index (χ1v) is 6.52. The number of non-ortho nitro benzene ring substituents is 1. The topological polar surface area (TPSA) is 118 Å². The first-order valence-electron chi connectivity index (χ1n) is 6.52. The van der Waals surface area contributed by atoms with E-state index in [1.54, 1.807) is 24.3 Å². The van der Waals surface area contributed by atoms with E-state index in [0.717, 1.165) is 4.90 Å². The molecule has 0 spiro atoms. The van der Waals surface area contributed by atoms with Crippen molar-refractivity contribution in [2.45, 2.75) is 0 Å². The molecule has 1 aliphatic rings. The molecular weight excluding hydrogens is 304 g/mol. The largest absolute Gasteiger partial charge is 0.438 e. The quantitative estimate of drug-likeness (QED) is 0.305. The molecule has 1 aliphatic heterocycles. The van der Waals surface area contributed by atoms with Crippen LogP contribution in [0.3, 0.4) is 0 Å². The number of nitrogens with one attached hydrogen (secondary N) is 1. The summed E-state index contributed by atoms with van der Waals surface area (Å²) in [5.41, 5.74) is 0.648. The summed E-state index contributed by atoms with van der Waals surface area (Å²) in [5.74, 6) is 0.326. The number of hydrogen-bond donors (Lipinski definition) is 1. The number of urea groups is 1. The Bertz CT molecular complexity index is 809. The number of hydrogen-bond acceptors (Lipinski definition) is 6. The van der Waals surface area contributed by atoms with Crippen molar-refractivity contribution in [3.8, 4) is 11.3 Å². The van der Waals surface area contributed by atoms with E-state index < -0.39 is 16.9 Å². The van der Waals surface area contributed by atoms with Crippen molar-refractivity contribution in [3.05, 3.63) is 46.5 Å². The van der Waals surface area contributed by atoms with Crippen LogP contribution in [0.2, 0.25) is 0 Å². The Balaban J connectivity index is 1.74. The van der Waals surface area contributed by atoms with Gasteiger partial charge in [-0.2, -0.15) is 0 Å². The van der Waals surface area contributed by atoms with Gasteiger partial charge in [-0.15, -0.1) is 0 Å². The van der Waals surface area contributed by atoms with Gasteiger partial charge in [0.15, 0.2) is 0 Å². The second-order valence-electron chi connectivity index (χ2n) is 4.67. The average Bonchev–Trinajstić information content (AvgIpc) is 3.11. The van der Waals surface area contributed by atoms with Crippen LogP contribution in [0.1, 0.15) is 0 Å². The van der Waals surface area contributed by atoms with Crippen molar-refractivity contribution in [2.75, 3.05) is 6.54 Å². The lowest BCUT2D eigenvalue weighted by Crippen LogP contribution is -2.26. The highest BCUT2D eigenvalue weighted by molar-refractivity contribution is 6.07. The van der Waals surface area contributed by atoms with Crippen molar-refractivity contribution < 1.29 is 18.9 Å². The van der Waals surface area contributed by atoms with Crippen LogP contribution in [0, 0.1) is 10.1 Å². The fourth-order valence-electron chi connectivity index (χ4n) is 1.98. The molecule has 0 aliphatic carbocycles. The fraction of sp³-hybridized carbons (Fsp3) is 0.0714. The third-order valence-corrected chi connectivity index (χ3v) is 3.10. The maximum Gasteiger partial charge on any atom is 0.329 e. The Hall–Kier alpha value is -3.49. The molecule has 2 aromatic rings. The summed E-state index contributed by atoms with van der Waals surface area (Å²) in [7, 11) is 0. The number of nitro groups is 1. The van der Waals surface area contributed by atoms with Gasteiger partial charge in [-0.25, -0.2) is 9.79 Å². The third-order valence-electron chi connectivity index (χ3n) is 3.10. The average molecular weight is 314 g/mol. The molecule has 1 saturated heterocycles. The fourth-order valence-corrected chi connectivity index (χ4v) is 1.98. The molecule has 1 aromatic heterocycles. The van der Waals surface area contributed by atoms with E-state index in [2.05, 4.69) is 10.3 Å². The first kappa shape index (κ1) is 14.4. The summed E-state index contributed by atoms with van der Waals surface area (Å²) in [6, 6.07) is 8.59. The van der Waals surface area contributed by atoms with Crippen molar-refractivity contribution in [1.82, 2.24) is 10.2 Å². The van der Waals surface area contributed by atoms with Gasteiger partial charge in [0.2, 0.25) is 11.8 Å². The van der Waals surface area contributed by atoms with Crippen molar-refractivity contribution in [1.29, 1.82) is 0 Å². The minimum absolute atomic E-state index is 0.0109. The molecule has 2 heterocycles. The van der Waals surface area contributed by atoms with Crippen LogP contribution in [-0.4, -0.2) is 34.6 Å². The van der Waals surface area contributed by atoms with Crippen molar-refractivity contribution in [2.24, 2.45) is 4.99 Å². The molecule has 3 rings (SSSR count). The number of aliphatic imine (C=N–C) groups is 1. The van der Waals surface area contributed by atoms with E-state index in [1.807, 2.05) is 0 Å². The molecule has 0 bridgehead atoms. The Kier molecular flexibility index (Phi) is 3.59. The summed E-state index contributed by atoms with van der Waals surface area (Å²) in [4.78, 5) is 37.6. The van der Waals surface area contributed by atoms with Gasteiger partial charge in [-0.05, 0) is 18.2 Å². The van der Waals surface area contributed by atoms with Gasteiger partial charge < -0.3 is 4.42 Å². The third kappa shape index (κ3) is 3.07. The molecule has 116 valence electrons. The van der Waals surface area contributed by atoms with Gasteiger partial charge in [0.25, 0.3) is 5.69 Å². The Morgan fingerprint density at radius 1 is 1.22 bits per heavy atom. The van der Waals surface area contributed by atoms with E-state index >= 15 is 0 Å². The first-order chi connectivity index (χ1) is 11.0. The molecule has 1 aromatic carbocycles. The monoisotopic (exact) mass is 314 g/mol. The van der Waals surface area contributed by atoms with Gasteiger partial charge in [0, 0.05) is 23.8 Å². The second-order valence-corrected chi connectivity index (χ2v) is 4.67. The molecule has 0 unspecified atom stereocenters. The molecule has 1 fully saturated rings. The van der Waals surface area contributed by atoms with Gasteiger partial charge in [-0.1, -0.05) is 0 Å². The SMILES string of the molecule is O=C1CN(/C=N/c2ccc(-c3ccc([N+](=O)[O-])cc3)o2)C(=O)N1. The number of furan rings is 1. The molecule has 0 radical (unpaired) electrons. The predicted molar refractivity (Wildman–Crippen MR) is 79.2 cm³/mol. The summed E-state index contributed by atoms with van der Waals surface area (Å²) >= 11 is 0. The van der Waals surface area contributed by atoms with Gasteiger partial charge in [0.05, 0.1) is 4.92 Å². The summed E-state index contributed by atoms with van der Waals surface area (Å²) in [5, 5.41) is 12.7.